The molecule has 1 saturated carbocycles. The summed E-state index contributed by atoms with van der Waals surface area (Å²) in [5.74, 6) is 0. The van der Waals surface area contributed by atoms with Gasteiger partial charge in [0.1, 0.15) is 0 Å². The number of hydrogen-bond acceptors (Lipinski definition) is 4. The second kappa shape index (κ2) is 5.64. The van der Waals surface area contributed by atoms with Crippen LogP contribution in [0.1, 0.15) is 38.3 Å². The van der Waals surface area contributed by atoms with E-state index in [1.165, 1.54) is 36.5 Å². The van der Waals surface area contributed by atoms with Crippen LogP contribution < -0.4 is 10.2 Å². The standard InChI is InChI=1S/C12H21N3S/c1-3-7-13-8-10-9-16-12(14-10)15(2)11-5-4-6-11/h9,11,13H,3-8H2,1-2H3. The van der Waals surface area contributed by atoms with Crippen molar-refractivity contribution in [2.24, 2.45) is 0 Å². The van der Waals surface area contributed by atoms with Gasteiger partial charge < -0.3 is 10.2 Å². The van der Waals surface area contributed by atoms with E-state index in [9.17, 15) is 0 Å². The molecule has 2 rings (SSSR count). The van der Waals surface area contributed by atoms with Gasteiger partial charge in [0.25, 0.3) is 0 Å². The Morgan fingerprint density at radius 2 is 2.38 bits per heavy atom. The molecule has 0 aliphatic heterocycles. The zero-order valence-electron chi connectivity index (χ0n) is 10.2. The fraction of sp³-hybridized carbons (Fsp3) is 0.750. The van der Waals surface area contributed by atoms with E-state index >= 15 is 0 Å². The van der Waals surface area contributed by atoms with Gasteiger partial charge in [-0.15, -0.1) is 11.3 Å². The first-order valence-corrected chi connectivity index (χ1v) is 7.07. The normalized spacial score (nSPS) is 16.1. The van der Waals surface area contributed by atoms with Crippen LogP contribution in [0.3, 0.4) is 0 Å². The topological polar surface area (TPSA) is 28.2 Å². The Balaban J connectivity index is 1.85. The van der Waals surface area contributed by atoms with Crippen molar-refractivity contribution in [3.05, 3.63) is 11.1 Å². The second-order valence-corrected chi connectivity index (χ2v) is 5.33. The summed E-state index contributed by atoms with van der Waals surface area (Å²) in [6.07, 6.45) is 5.23. The van der Waals surface area contributed by atoms with Crippen LogP contribution in [0.2, 0.25) is 0 Å². The van der Waals surface area contributed by atoms with Gasteiger partial charge >= 0.3 is 0 Å². The average molecular weight is 239 g/mol. The molecule has 0 radical (unpaired) electrons. The van der Waals surface area contributed by atoms with Gasteiger partial charge in [0.15, 0.2) is 5.13 Å². The predicted octanol–water partition coefficient (Wildman–Crippen LogP) is 2.63. The lowest BCUT2D eigenvalue weighted by Crippen LogP contribution is -2.37. The van der Waals surface area contributed by atoms with E-state index in [-0.39, 0.29) is 0 Å². The van der Waals surface area contributed by atoms with Crippen molar-refractivity contribution in [1.82, 2.24) is 10.3 Å². The van der Waals surface area contributed by atoms with Crippen molar-refractivity contribution in [1.29, 1.82) is 0 Å². The van der Waals surface area contributed by atoms with E-state index in [1.807, 2.05) is 0 Å². The van der Waals surface area contributed by atoms with Crippen LogP contribution in [0.4, 0.5) is 5.13 Å². The van der Waals surface area contributed by atoms with Crippen molar-refractivity contribution in [3.8, 4) is 0 Å². The number of thiazole rings is 1. The van der Waals surface area contributed by atoms with Crippen molar-refractivity contribution >= 4 is 16.5 Å². The van der Waals surface area contributed by atoms with E-state index in [2.05, 4.69) is 34.6 Å². The fourth-order valence-corrected chi connectivity index (χ4v) is 2.73. The molecule has 1 heterocycles. The highest BCUT2D eigenvalue weighted by molar-refractivity contribution is 7.13. The summed E-state index contributed by atoms with van der Waals surface area (Å²) in [7, 11) is 2.17. The second-order valence-electron chi connectivity index (χ2n) is 4.49. The first-order chi connectivity index (χ1) is 7.81. The third kappa shape index (κ3) is 2.74. The van der Waals surface area contributed by atoms with E-state index in [0.29, 0.717) is 0 Å². The summed E-state index contributed by atoms with van der Waals surface area (Å²) in [6.45, 7) is 4.16. The molecule has 0 aromatic carbocycles. The molecule has 1 aliphatic rings. The molecule has 16 heavy (non-hydrogen) atoms. The van der Waals surface area contributed by atoms with Gasteiger partial charge in [-0.25, -0.2) is 4.98 Å². The van der Waals surface area contributed by atoms with Gasteiger partial charge in [-0.3, -0.25) is 0 Å². The lowest BCUT2D eigenvalue weighted by atomic mass is 9.92. The molecular formula is C12H21N3S. The van der Waals surface area contributed by atoms with E-state index in [4.69, 9.17) is 0 Å². The Kier molecular flexibility index (Phi) is 4.18. The van der Waals surface area contributed by atoms with Crippen LogP contribution in [0.15, 0.2) is 5.38 Å². The maximum atomic E-state index is 4.67. The van der Waals surface area contributed by atoms with Crippen LogP contribution in [-0.4, -0.2) is 24.6 Å². The SMILES string of the molecule is CCCNCc1csc(N(C)C2CCC2)n1. The molecule has 1 fully saturated rings. The zero-order valence-corrected chi connectivity index (χ0v) is 11.0. The van der Waals surface area contributed by atoms with Crippen LogP contribution in [0, 0.1) is 0 Å². The molecule has 1 aromatic rings. The zero-order chi connectivity index (χ0) is 11.4. The molecule has 4 heteroatoms. The summed E-state index contributed by atoms with van der Waals surface area (Å²) >= 11 is 1.77. The minimum Gasteiger partial charge on any atom is -0.348 e. The summed E-state index contributed by atoms with van der Waals surface area (Å²) in [5.41, 5.74) is 1.18. The number of aromatic nitrogens is 1. The molecule has 0 amide bonds. The van der Waals surface area contributed by atoms with Gasteiger partial charge in [-0.2, -0.15) is 0 Å². The van der Waals surface area contributed by atoms with E-state index in [1.54, 1.807) is 11.3 Å². The largest absolute Gasteiger partial charge is 0.348 e. The molecule has 0 spiro atoms. The van der Waals surface area contributed by atoms with Gasteiger partial charge in [0.05, 0.1) is 5.69 Å². The van der Waals surface area contributed by atoms with Crippen LogP contribution >= 0.6 is 11.3 Å². The third-order valence-corrected chi connectivity index (χ3v) is 4.18. The van der Waals surface area contributed by atoms with Crippen molar-refractivity contribution in [2.75, 3.05) is 18.5 Å². The number of rotatable bonds is 6. The van der Waals surface area contributed by atoms with E-state index < -0.39 is 0 Å². The molecule has 1 aliphatic carbocycles. The summed E-state index contributed by atoms with van der Waals surface area (Å²) in [5, 5.41) is 6.74. The number of anilines is 1. The Hall–Kier alpha value is -0.610. The predicted molar refractivity (Wildman–Crippen MR) is 70.2 cm³/mol. The van der Waals surface area contributed by atoms with Crippen molar-refractivity contribution in [2.45, 2.75) is 45.2 Å². The lowest BCUT2D eigenvalue weighted by Gasteiger charge is -2.34. The van der Waals surface area contributed by atoms with Gasteiger partial charge in [-0.05, 0) is 32.2 Å². The van der Waals surface area contributed by atoms with Crippen LogP contribution in [-0.2, 0) is 6.54 Å². The van der Waals surface area contributed by atoms with Crippen molar-refractivity contribution in [3.63, 3.8) is 0 Å². The molecule has 0 unspecified atom stereocenters. The lowest BCUT2D eigenvalue weighted by molar-refractivity contribution is 0.400. The Labute approximate surface area is 102 Å². The monoisotopic (exact) mass is 239 g/mol. The molecule has 0 bridgehead atoms. The first-order valence-electron chi connectivity index (χ1n) is 6.19. The van der Waals surface area contributed by atoms with Crippen LogP contribution in [0.25, 0.3) is 0 Å². The fourth-order valence-electron chi connectivity index (χ4n) is 1.86. The maximum Gasteiger partial charge on any atom is 0.185 e. The maximum absolute atomic E-state index is 4.67. The molecule has 0 saturated heterocycles. The molecule has 1 aromatic heterocycles. The summed E-state index contributed by atoms with van der Waals surface area (Å²) in [4.78, 5) is 7.01. The van der Waals surface area contributed by atoms with Gasteiger partial charge in [0.2, 0.25) is 0 Å². The highest BCUT2D eigenvalue weighted by atomic mass is 32.1. The number of nitrogens with zero attached hydrogens (tertiary/aromatic N) is 2. The Morgan fingerprint density at radius 3 is 3.00 bits per heavy atom. The van der Waals surface area contributed by atoms with Crippen LogP contribution in [0.5, 0.6) is 0 Å². The highest BCUT2D eigenvalue weighted by Gasteiger charge is 2.23. The smallest absolute Gasteiger partial charge is 0.185 e. The minimum atomic E-state index is 0.739. The molecular weight excluding hydrogens is 218 g/mol. The first kappa shape index (κ1) is 11.9. The van der Waals surface area contributed by atoms with Gasteiger partial charge in [0, 0.05) is 25.0 Å². The Bertz CT molecular complexity index is 320. The van der Waals surface area contributed by atoms with Gasteiger partial charge in [-0.1, -0.05) is 6.92 Å². The molecule has 0 atom stereocenters. The molecule has 90 valence electrons. The Morgan fingerprint density at radius 1 is 1.56 bits per heavy atom. The molecule has 1 N–H and O–H groups in total. The van der Waals surface area contributed by atoms with E-state index in [0.717, 1.165) is 19.1 Å². The van der Waals surface area contributed by atoms with Crippen molar-refractivity contribution < 1.29 is 0 Å². The summed E-state index contributed by atoms with van der Waals surface area (Å²) < 4.78 is 0. The minimum absolute atomic E-state index is 0.739. The number of hydrogen-bond donors (Lipinski definition) is 1. The summed E-state index contributed by atoms with van der Waals surface area (Å²) in [6, 6.07) is 0.739. The average Bonchev–Trinajstić information content (AvgIpc) is 2.64. The highest BCUT2D eigenvalue weighted by Crippen LogP contribution is 2.29. The number of nitrogens with one attached hydrogen (secondary N) is 1. The quantitative estimate of drug-likeness (QED) is 0.774. The molecule has 3 nitrogen and oxygen atoms in total. The third-order valence-electron chi connectivity index (χ3n) is 3.20.